The van der Waals surface area contributed by atoms with Gasteiger partial charge in [-0.25, -0.2) is 0 Å². The van der Waals surface area contributed by atoms with Crippen molar-refractivity contribution in [1.29, 1.82) is 0 Å². The zero-order chi connectivity index (χ0) is 8.27. The maximum atomic E-state index is 10.4. The molecule has 0 aromatic heterocycles. The third-order valence-electron chi connectivity index (χ3n) is 1.09. The van der Waals surface area contributed by atoms with Gasteiger partial charge in [-0.15, -0.1) is 0 Å². The van der Waals surface area contributed by atoms with Gasteiger partial charge >= 0.3 is 0 Å². The van der Waals surface area contributed by atoms with E-state index in [9.17, 15) is 4.79 Å². The first-order valence-electron chi connectivity index (χ1n) is 2.92. The number of carbonyl (C=O) groups excluding carboxylic acids is 1. The van der Waals surface area contributed by atoms with E-state index in [1.807, 2.05) is 0 Å². The fourth-order valence-corrected chi connectivity index (χ4v) is 2.74. The number of ether oxygens (including phenoxy) is 2. The van der Waals surface area contributed by atoms with Crippen molar-refractivity contribution in [2.75, 3.05) is 14.2 Å². The summed E-state index contributed by atoms with van der Waals surface area (Å²) in [5.74, 6) is 0. The summed E-state index contributed by atoms with van der Waals surface area (Å²) < 4.78 is 9.86. The second kappa shape index (κ2) is 3.92. The summed E-state index contributed by atoms with van der Waals surface area (Å²) in [7, 11) is 3.13. The van der Waals surface area contributed by atoms with Gasteiger partial charge in [0.15, 0.2) is 0 Å². The van der Waals surface area contributed by atoms with Crippen LogP contribution < -0.4 is 0 Å². The van der Waals surface area contributed by atoms with Crippen LogP contribution in [0, 0.1) is 0 Å². The molecular formula is C6H8O3S2. The van der Waals surface area contributed by atoms with Crippen molar-refractivity contribution in [3.8, 4) is 0 Å². The van der Waals surface area contributed by atoms with Gasteiger partial charge in [-0.3, -0.25) is 0 Å². The van der Waals surface area contributed by atoms with Crippen LogP contribution in [0.25, 0.3) is 0 Å². The summed E-state index contributed by atoms with van der Waals surface area (Å²) in [5, 5.41) is 1.38. The number of aldehydes is 1. The Kier molecular flexibility index (Phi) is 3.14. The Morgan fingerprint density at radius 3 is 2.00 bits per heavy atom. The number of hydrogen-bond donors (Lipinski definition) is 0. The summed E-state index contributed by atoms with van der Waals surface area (Å²) in [4.78, 5) is 10.4. The highest BCUT2D eigenvalue weighted by Gasteiger charge is 2.27. The Balaban J connectivity index is 2.63. The van der Waals surface area contributed by atoms with E-state index in [0.29, 0.717) is 10.2 Å². The molecule has 0 atom stereocenters. The number of carbonyl (C=O) groups is 1. The zero-order valence-corrected chi connectivity index (χ0v) is 7.83. The van der Waals surface area contributed by atoms with Crippen LogP contribution in [-0.2, 0) is 14.3 Å². The van der Waals surface area contributed by atoms with Crippen molar-refractivity contribution in [2.45, 2.75) is 4.58 Å². The van der Waals surface area contributed by atoms with Crippen LogP contribution in [-0.4, -0.2) is 25.1 Å². The Morgan fingerprint density at radius 1 is 1.27 bits per heavy atom. The van der Waals surface area contributed by atoms with Gasteiger partial charge in [0.2, 0.25) is 10.2 Å². The summed E-state index contributed by atoms with van der Waals surface area (Å²) >= 11 is 2.74. The molecule has 0 aromatic rings. The van der Waals surface area contributed by atoms with Crippen molar-refractivity contribution in [3.05, 3.63) is 10.2 Å². The highest BCUT2D eigenvalue weighted by Crippen LogP contribution is 2.44. The SMILES string of the molecule is COC1=C(OC)SC(C=O)S1. The summed E-state index contributed by atoms with van der Waals surface area (Å²) in [6, 6.07) is 0. The highest BCUT2D eigenvalue weighted by molar-refractivity contribution is 8.24. The molecule has 0 radical (unpaired) electrons. The van der Waals surface area contributed by atoms with Gasteiger partial charge < -0.3 is 14.3 Å². The molecule has 0 saturated carbocycles. The Labute approximate surface area is 73.5 Å². The molecule has 1 heterocycles. The van der Waals surface area contributed by atoms with Gasteiger partial charge in [0.1, 0.15) is 10.9 Å². The molecule has 0 saturated heterocycles. The molecule has 0 N–H and O–H groups in total. The van der Waals surface area contributed by atoms with Crippen LogP contribution in [0.5, 0.6) is 0 Å². The fraction of sp³-hybridized carbons (Fsp3) is 0.500. The monoisotopic (exact) mass is 192 g/mol. The maximum absolute atomic E-state index is 10.4. The molecule has 0 amide bonds. The molecule has 0 aromatic carbocycles. The molecule has 62 valence electrons. The predicted molar refractivity (Wildman–Crippen MR) is 46.1 cm³/mol. The molecule has 11 heavy (non-hydrogen) atoms. The minimum Gasteiger partial charge on any atom is -0.487 e. The summed E-state index contributed by atoms with van der Waals surface area (Å²) in [6.07, 6.45) is 0.875. The van der Waals surface area contributed by atoms with Gasteiger partial charge in [-0.1, -0.05) is 23.5 Å². The highest BCUT2D eigenvalue weighted by atomic mass is 32.2. The molecule has 3 nitrogen and oxygen atoms in total. The molecule has 1 aliphatic heterocycles. The summed E-state index contributed by atoms with van der Waals surface area (Å²) in [5.41, 5.74) is 0. The van der Waals surface area contributed by atoms with E-state index in [1.54, 1.807) is 14.2 Å². The third kappa shape index (κ3) is 1.84. The molecular weight excluding hydrogens is 184 g/mol. The van der Waals surface area contributed by atoms with E-state index in [0.717, 1.165) is 6.29 Å². The summed E-state index contributed by atoms with van der Waals surface area (Å²) in [6.45, 7) is 0. The average molecular weight is 192 g/mol. The van der Waals surface area contributed by atoms with Crippen LogP contribution in [0.15, 0.2) is 10.2 Å². The fourth-order valence-electron chi connectivity index (χ4n) is 0.650. The molecule has 0 bridgehead atoms. The van der Waals surface area contributed by atoms with Gasteiger partial charge in [0, 0.05) is 0 Å². The number of thioether (sulfide) groups is 2. The minimum absolute atomic E-state index is 0.111. The van der Waals surface area contributed by atoms with Gasteiger partial charge in [-0.05, 0) is 0 Å². The van der Waals surface area contributed by atoms with E-state index in [2.05, 4.69) is 0 Å². The van der Waals surface area contributed by atoms with Crippen LogP contribution >= 0.6 is 23.5 Å². The lowest BCUT2D eigenvalue weighted by atomic mass is 10.9. The van der Waals surface area contributed by atoms with Crippen LogP contribution in [0.2, 0.25) is 0 Å². The standard InChI is InChI=1S/C6H8O3S2/c1-8-5-6(9-2)11-4(3-7)10-5/h3-4H,1-2H3. The maximum Gasteiger partial charge on any atom is 0.203 e. The van der Waals surface area contributed by atoms with Crippen molar-refractivity contribution < 1.29 is 14.3 Å². The first-order chi connectivity index (χ1) is 5.31. The first-order valence-corrected chi connectivity index (χ1v) is 4.68. The third-order valence-corrected chi connectivity index (χ3v) is 3.62. The molecule has 5 heteroatoms. The lowest BCUT2D eigenvalue weighted by molar-refractivity contribution is -0.106. The largest absolute Gasteiger partial charge is 0.487 e. The van der Waals surface area contributed by atoms with Gasteiger partial charge in [-0.2, -0.15) is 0 Å². The van der Waals surface area contributed by atoms with Crippen molar-refractivity contribution in [1.82, 2.24) is 0 Å². The number of rotatable bonds is 3. The van der Waals surface area contributed by atoms with E-state index in [1.165, 1.54) is 23.5 Å². The van der Waals surface area contributed by atoms with Crippen molar-refractivity contribution in [2.24, 2.45) is 0 Å². The number of hydrogen-bond acceptors (Lipinski definition) is 5. The molecule has 0 fully saturated rings. The van der Waals surface area contributed by atoms with E-state index in [4.69, 9.17) is 9.47 Å². The van der Waals surface area contributed by atoms with Crippen LogP contribution in [0.3, 0.4) is 0 Å². The lowest BCUT2D eigenvalue weighted by Crippen LogP contribution is -1.91. The number of methoxy groups -OCH3 is 2. The van der Waals surface area contributed by atoms with Gasteiger partial charge in [0.05, 0.1) is 14.2 Å². The molecule has 0 aliphatic carbocycles. The Hall–Kier alpha value is -0.290. The topological polar surface area (TPSA) is 35.5 Å². The molecule has 1 aliphatic rings. The molecule has 0 spiro atoms. The van der Waals surface area contributed by atoms with E-state index >= 15 is 0 Å². The van der Waals surface area contributed by atoms with Crippen molar-refractivity contribution >= 4 is 29.8 Å². The second-order valence-electron chi connectivity index (χ2n) is 1.72. The Bertz CT molecular complexity index is 174. The molecule has 1 rings (SSSR count). The predicted octanol–water partition coefficient (Wildman–Crippen LogP) is 1.41. The van der Waals surface area contributed by atoms with Crippen LogP contribution in [0.4, 0.5) is 0 Å². The lowest BCUT2D eigenvalue weighted by Gasteiger charge is -1.99. The minimum atomic E-state index is -0.111. The normalized spacial score (nSPS) is 18.7. The first kappa shape index (κ1) is 8.80. The van der Waals surface area contributed by atoms with Gasteiger partial charge in [0.25, 0.3) is 0 Å². The van der Waals surface area contributed by atoms with E-state index in [-0.39, 0.29) is 4.58 Å². The van der Waals surface area contributed by atoms with E-state index < -0.39 is 0 Å². The molecule has 0 unspecified atom stereocenters. The van der Waals surface area contributed by atoms with Crippen molar-refractivity contribution in [3.63, 3.8) is 0 Å². The Morgan fingerprint density at radius 2 is 1.73 bits per heavy atom. The second-order valence-corrected chi connectivity index (χ2v) is 4.25. The van der Waals surface area contributed by atoms with Crippen LogP contribution in [0.1, 0.15) is 0 Å². The zero-order valence-electron chi connectivity index (χ0n) is 6.20. The quantitative estimate of drug-likeness (QED) is 0.632. The smallest absolute Gasteiger partial charge is 0.203 e. The average Bonchev–Trinajstić information content (AvgIpc) is 2.46.